The number of hydrogen-bond acceptors (Lipinski definition) is 4. The molecule has 1 aliphatic heterocycles. The molecule has 2 heterocycles. The molecule has 1 aliphatic rings. The highest BCUT2D eigenvalue weighted by atomic mass is 16.5. The van der Waals surface area contributed by atoms with Gasteiger partial charge in [-0.2, -0.15) is 0 Å². The molecule has 6 nitrogen and oxygen atoms in total. The number of aromatic nitrogens is 1. The second-order valence-corrected chi connectivity index (χ2v) is 6.65. The summed E-state index contributed by atoms with van der Waals surface area (Å²) in [6.07, 6.45) is 0.633. The summed E-state index contributed by atoms with van der Waals surface area (Å²) < 4.78 is 13.1. The van der Waals surface area contributed by atoms with Gasteiger partial charge in [0.05, 0.1) is 6.54 Å². The van der Waals surface area contributed by atoms with Gasteiger partial charge in [0.1, 0.15) is 17.6 Å². The van der Waals surface area contributed by atoms with Gasteiger partial charge < -0.3 is 18.9 Å². The van der Waals surface area contributed by atoms with E-state index in [-0.39, 0.29) is 24.2 Å². The summed E-state index contributed by atoms with van der Waals surface area (Å²) in [6, 6.07) is 11.0. The highest BCUT2D eigenvalue weighted by Crippen LogP contribution is 2.19. The molecule has 6 heteroatoms. The van der Waals surface area contributed by atoms with Gasteiger partial charge in [0, 0.05) is 31.8 Å². The summed E-state index contributed by atoms with van der Waals surface area (Å²) in [4.78, 5) is 26.0. The molecule has 1 fully saturated rings. The third kappa shape index (κ3) is 4.07. The van der Waals surface area contributed by atoms with Crippen LogP contribution in [0.3, 0.4) is 0 Å². The van der Waals surface area contributed by atoms with Crippen LogP contribution in [-0.2, 0) is 11.8 Å². The third-order valence-electron chi connectivity index (χ3n) is 4.72. The predicted octanol–water partition coefficient (Wildman–Crippen LogP) is 2.06. The number of nitrogens with zero attached hydrogens (tertiary/aromatic N) is 2. The first kappa shape index (κ1) is 18.0. The molecule has 1 amide bonds. The van der Waals surface area contributed by atoms with Crippen LogP contribution >= 0.6 is 0 Å². The average Bonchev–Trinajstić information content (AvgIpc) is 3.07. The third-order valence-corrected chi connectivity index (χ3v) is 4.72. The molecule has 2 aromatic rings. The van der Waals surface area contributed by atoms with Crippen molar-refractivity contribution >= 4 is 5.91 Å². The highest BCUT2D eigenvalue weighted by Gasteiger charge is 2.28. The molecule has 1 aromatic heterocycles. The van der Waals surface area contributed by atoms with Crippen LogP contribution in [0.1, 0.15) is 17.7 Å². The molecular weight excluding hydrogens is 332 g/mol. The smallest absolute Gasteiger partial charge is 0.260 e. The van der Waals surface area contributed by atoms with Crippen LogP contribution < -0.4 is 15.0 Å². The summed E-state index contributed by atoms with van der Waals surface area (Å²) >= 11 is 0. The molecule has 1 unspecified atom stereocenters. The summed E-state index contributed by atoms with van der Waals surface area (Å²) in [7, 11) is 1.73. The number of rotatable bonds is 5. The van der Waals surface area contributed by atoms with Gasteiger partial charge in [-0.3, -0.25) is 9.59 Å². The molecule has 1 atom stereocenters. The first-order chi connectivity index (χ1) is 12.4. The Kier molecular flexibility index (Phi) is 5.30. The van der Waals surface area contributed by atoms with Gasteiger partial charge in [-0.25, -0.2) is 0 Å². The van der Waals surface area contributed by atoms with Crippen LogP contribution in [0.15, 0.2) is 41.2 Å². The molecule has 0 radical (unpaired) electrons. The van der Waals surface area contributed by atoms with Crippen molar-refractivity contribution in [2.75, 3.05) is 19.7 Å². The topological polar surface area (TPSA) is 60.8 Å². The number of carbonyl (C=O) groups excluding carboxylic acids is 1. The number of carbonyl (C=O) groups is 1. The summed E-state index contributed by atoms with van der Waals surface area (Å²) in [5.74, 6) is 1.23. The van der Waals surface area contributed by atoms with E-state index in [1.807, 2.05) is 44.2 Å². The Morgan fingerprint density at radius 3 is 2.73 bits per heavy atom. The first-order valence-corrected chi connectivity index (χ1v) is 8.74. The molecule has 138 valence electrons. The van der Waals surface area contributed by atoms with E-state index in [2.05, 4.69) is 0 Å². The number of hydrogen-bond donors (Lipinski definition) is 0. The minimum atomic E-state index is -0.107. The first-order valence-electron chi connectivity index (χ1n) is 8.74. The number of ether oxygens (including phenoxy) is 2. The van der Waals surface area contributed by atoms with Gasteiger partial charge in [0.15, 0.2) is 6.61 Å². The van der Waals surface area contributed by atoms with Crippen molar-refractivity contribution in [3.05, 3.63) is 58.0 Å². The molecule has 3 rings (SSSR count). The molecule has 0 spiro atoms. The van der Waals surface area contributed by atoms with E-state index in [1.165, 1.54) is 6.07 Å². The van der Waals surface area contributed by atoms with E-state index in [0.29, 0.717) is 18.8 Å². The Hall–Kier alpha value is -2.76. The van der Waals surface area contributed by atoms with E-state index in [1.54, 1.807) is 16.5 Å². The maximum Gasteiger partial charge on any atom is 0.260 e. The Balaban J connectivity index is 1.54. The lowest BCUT2D eigenvalue weighted by molar-refractivity contribution is -0.132. The lowest BCUT2D eigenvalue weighted by Crippen LogP contribution is -2.34. The monoisotopic (exact) mass is 356 g/mol. The minimum Gasteiger partial charge on any atom is -0.488 e. The number of benzene rings is 1. The Bertz CT molecular complexity index is 859. The van der Waals surface area contributed by atoms with Gasteiger partial charge in [0.2, 0.25) is 0 Å². The zero-order valence-electron chi connectivity index (χ0n) is 15.4. The zero-order valence-corrected chi connectivity index (χ0v) is 15.4. The number of likely N-dealkylation sites (tertiary alicyclic amines) is 1. The molecular formula is C20H24N2O4. The molecule has 0 aliphatic carbocycles. The molecule has 1 aromatic carbocycles. The maximum absolute atomic E-state index is 12.4. The zero-order chi connectivity index (χ0) is 18.7. The van der Waals surface area contributed by atoms with Crippen molar-refractivity contribution in [2.24, 2.45) is 7.05 Å². The lowest BCUT2D eigenvalue weighted by atomic mass is 10.2. The number of aryl methyl sites for hydroxylation is 2. The van der Waals surface area contributed by atoms with E-state index in [4.69, 9.17) is 9.47 Å². The summed E-state index contributed by atoms with van der Waals surface area (Å²) in [6.45, 7) is 4.96. The number of pyridine rings is 1. The molecule has 0 saturated carbocycles. The summed E-state index contributed by atoms with van der Waals surface area (Å²) in [5, 5.41) is 0. The van der Waals surface area contributed by atoms with Gasteiger partial charge in [-0.05, 0) is 31.5 Å². The maximum atomic E-state index is 12.4. The van der Waals surface area contributed by atoms with Crippen LogP contribution in [0.25, 0.3) is 0 Å². The molecule has 1 saturated heterocycles. The predicted molar refractivity (Wildman–Crippen MR) is 98.7 cm³/mol. The Morgan fingerprint density at radius 2 is 2.00 bits per heavy atom. The second-order valence-electron chi connectivity index (χ2n) is 6.65. The van der Waals surface area contributed by atoms with Gasteiger partial charge in [0.25, 0.3) is 11.5 Å². The van der Waals surface area contributed by atoms with Crippen LogP contribution in [0.2, 0.25) is 0 Å². The van der Waals surface area contributed by atoms with E-state index in [0.717, 1.165) is 23.4 Å². The fourth-order valence-corrected chi connectivity index (χ4v) is 3.00. The van der Waals surface area contributed by atoms with Crippen molar-refractivity contribution in [3.8, 4) is 11.5 Å². The molecule has 26 heavy (non-hydrogen) atoms. The van der Waals surface area contributed by atoms with Crippen molar-refractivity contribution in [1.29, 1.82) is 0 Å². The van der Waals surface area contributed by atoms with Crippen molar-refractivity contribution < 1.29 is 14.3 Å². The van der Waals surface area contributed by atoms with Crippen molar-refractivity contribution in [2.45, 2.75) is 26.4 Å². The quantitative estimate of drug-likeness (QED) is 0.823. The SMILES string of the molecule is Cc1ccccc1OCC(=O)N1CCC(Oc2cc(C)n(C)c(=O)c2)C1. The fourth-order valence-electron chi connectivity index (χ4n) is 3.00. The fraction of sp³-hybridized carbons (Fsp3) is 0.400. The van der Waals surface area contributed by atoms with Crippen LogP contribution in [0.4, 0.5) is 0 Å². The van der Waals surface area contributed by atoms with Crippen molar-refractivity contribution in [3.63, 3.8) is 0 Å². The average molecular weight is 356 g/mol. The standard InChI is InChI=1S/C20H24N2O4/c1-14-6-4-5-7-18(14)25-13-20(24)22-9-8-16(12-22)26-17-10-15(2)21(3)19(23)11-17/h4-7,10-11,16H,8-9,12-13H2,1-3H3. The van der Waals surface area contributed by atoms with E-state index >= 15 is 0 Å². The number of amides is 1. The summed E-state index contributed by atoms with van der Waals surface area (Å²) in [5.41, 5.74) is 1.74. The van der Waals surface area contributed by atoms with E-state index in [9.17, 15) is 9.59 Å². The molecule has 0 N–H and O–H groups in total. The largest absolute Gasteiger partial charge is 0.488 e. The molecule has 0 bridgehead atoms. The van der Waals surface area contributed by atoms with Crippen LogP contribution in [-0.4, -0.2) is 41.2 Å². The Morgan fingerprint density at radius 1 is 1.23 bits per heavy atom. The van der Waals surface area contributed by atoms with Crippen LogP contribution in [0, 0.1) is 13.8 Å². The van der Waals surface area contributed by atoms with Gasteiger partial charge in [-0.15, -0.1) is 0 Å². The second kappa shape index (κ2) is 7.64. The highest BCUT2D eigenvalue weighted by molar-refractivity contribution is 5.78. The van der Waals surface area contributed by atoms with Gasteiger partial charge in [-0.1, -0.05) is 18.2 Å². The normalized spacial score (nSPS) is 16.6. The Labute approximate surface area is 153 Å². The number of para-hydroxylation sites is 1. The van der Waals surface area contributed by atoms with Crippen LogP contribution in [0.5, 0.6) is 11.5 Å². The van der Waals surface area contributed by atoms with Crippen molar-refractivity contribution in [1.82, 2.24) is 9.47 Å². The van der Waals surface area contributed by atoms with Gasteiger partial charge >= 0.3 is 0 Å². The van der Waals surface area contributed by atoms with E-state index < -0.39 is 0 Å². The minimum absolute atomic E-state index is 0.0164. The lowest BCUT2D eigenvalue weighted by Gasteiger charge is -2.18.